The zero-order valence-electron chi connectivity index (χ0n) is 19.1. The first-order chi connectivity index (χ1) is 16.3. The third-order valence-electron chi connectivity index (χ3n) is 7.08. The summed E-state index contributed by atoms with van der Waals surface area (Å²) in [4.78, 5) is 38.4. The molecule has 4 rings (SSSR count). The Morgan fingerprint density at radius 1 is 1.29 bits per heavy atom. The van der Waals surface area contributed by atoms with Crippen molar-refractivity contribution in [2.75, 3.05) is 20.3 Å². The van der Waals surface area contributed by atoms with Crippen LogP contribution < -0.4 is 0 Å². The molecule has 182 valence electrons. The van der Waals surface area contributed by atoms with Crippen molar-refractivity contribution in [1.29, 1.82) is 0 Å². The first kappa shape index (κ1) is 24.4. The van der Waals surface area contributed by atoms with E-state index in [1.807, 2.05) is 13.0 Å². The molecule has 2 fully saturated rings. The third kappa shape index (κ3) is 4.26. The van der Waals surface area contributed by atoms with Gasteiger partial charge in [-0.05, 0) is 60.6 Å². The number of benzene rings is 1. The van der Waals surface area contributed by atoms with Gasteiger partial charge in [-0.3, -0.25) is 9.59 Å². The summed E-state index contributed by atoms with van der Waals surface area (Å²) < 4.78 is 10.7. The second-order valence-electron chi connectivity index (χ2n) is 8.86. The predicted molar refractivity (Wildman–Crippen MR) is 124 cm³/mol. The van der Waals surface area contributed by atoms with Crippen LogP contribution in [0.4, 0.5) is 4.79 Å². The minimum atomic E-state index is -0.974. The molecule has 3 aliphatic rings. The summed E-state index contributed by atoms with van der Waals surface area (Å²) in [5.74, 6) is -2.74. The van der Waals surface area contributed by atoms with Crippen molar-refractivity contribution < 1.29 is 34.1 Å². The molecular formula is C25H28ClNO7. The Hall–Kier alpha value is -2.68. The molecular weight excluding hydrogens is 462 g/mol. The van der Waals surface area contributed by atoms with Crippen LogP contribution in [0.1, 0.15) is 38.2 Å². The fourth-order valence-electron chi connectivity index (χ4n) is 5.41. The van der Waals surface area contributed by atoms with Crippen molar-refractivity contribution in [3.63, 3.8) is 0 Å². The van der Waals surface area contributed by atoms with Crippen LogP contribution in [0, 0.1) is 17.8 Å². The first-order valence-electron chi connectivity index (χ1n) is 11.4. The van der Waals surface area contributed by atoms with Crippen LogP contribution in [0.3, 0.4) is 0 Å². The summed E-state index contributed by atoms with van der Waals surface area (Å²) in [6.07, 6.45) is 3.12. The molecule has 0 saturated carbocycles. The molecule has 4 atom stereocenters. The summed E-state index contributed by atoms with van der Waals surface area (Å²) in [6.45, 7) is 2.08. The number of fused-ring (bicyclic) bond motifs is 3. The van der Waals surface area contributed by atoms with Crippen molar-refractivity contribution >= 4 is 35.6 Å². The predicted octanol–water partition coefficient (Wildman–Crippen LogP) is 3.69. The molecule has 0 aromatic heterocycles. The number of hydrogen-bond acceptors (Lipinski definition) is 7. The summed E-state index contributed by atoms with van der Waals surface area (Å²) in [5.41, 5.74) is 3.55. The molecule has 2 saturated heterocycles. The molecule has 3 amide bonds. The Balaban J connectivity index is 1.54. The standard InChI is InChI=1S/C25H28ClNO7/c1-3-13(8-14-5-6-16(29)10-19(14)26)4-7-20-21-15(11-28)9-17-22(18(21)12-34-20)24(31)27(23(17)30)25(32)33-2/h5-6,8,10,17-18,20,22,28-29H,3-4,7,9,11-12H2,1-2H3/b13-8+/t17-,18+,20-,22-/m1/s1. The van der Waals surface area contributed by atoms with Crippen LogP contribution >= 0.6 is 11.6 Å². The Morgan fingerprint density at radius 2 is 2.06 bits per heavy atom. The number of likely N-dealkylation sites (tertiary alicyclic amines) is 1. The van der Waals surface area contributed by atoms with E-state index in [0.717, 1.165) is 30.2 Å². The average molecular weight is 490 g/mol. The van der Waals surface area contributed by atoms with Crippen LogP contribution in [0.15, 0.2) is 34.9 Å². The molecule has 2 aliphatic heterocycles. The number of methoxy groups -OCH3 is 1. The van der Waals surface area contributed by atoms with E-state index >= 15 is 0 Å². The van der Waals surface area contributed by atoms with E-state index in [1.54, 1.807) is 12.1 Å². The van der Waals surface area contributed by atoms with Gasteiger partial charge in [0.25, 0.3) is 0 Å². The van der Waals surface area contributed by atoms with E-state index < -0.39 is 29.7 Å². The van der Waals surface area contributed by atoms with E-state index in [2.05, 4.69) is 4.74 Å². The summed E-state index contributed by atoms with van der Waals surface area (Å²) in [5, 5.41) is 20.1. The quantitative estimate of drug-likeness (QED) is 0.462. The van der Waals surface area contributed by atoms with Crippen LogP contribution in [0.5, 0.6) is 5.75 Å². The lowest BCUT2D eigenvalue weighted by Crippen LogP contribution is -2.38. The lowest BCUT2D eigenvalue weighted by atomic mass is 9.69. The second-order valence-corrected chi connectivity index (χ2v) is 9.27. The minimum absolute atomic E-state index is 0.107. The van der Waals surface area contributed by atoms with Gasteiger partial charge in [-0.15, -0.1) is 0 Å². The maximum absolute atomic E-state index is 13.0. The van der Waals surface area contributed by atoms with Gasteiger partial charge < -0.3 is 19.7 Å². The highest BCUT2D eigenvalue weighted by molar-refractivity contribution is 6.32. The fourth-order valence-corrected chi connectivity index (χ4v) is 5.64. The van der Waals surface area contributed by atoms with Gasteiger partial charge in [0.2, 0.25) is 11.8 Å². The highest BCUT2D eigenvalue weighted by atomic mass is 35.5. The summed E-state index contributed by atoms with van der Waals surface area (Å²) >= 11 is 6.25. The number of nitrogens with zero attached hydrogens (tertiary/aromatic N) is 1. The van der Waals surface area contributed by atoms with E-state index in [-0.39, 0.29) is 37.4 Å². The molecule has 1 aromatic rings. The molecule has 0 radical (unpaired) electrons. The van der Waals surface area contributed by atoms with Gasteiger partial charge in [0, 0.05) is 5.92 Å². The number of amides is 3. The molecule has 0 bridgehead atoms. The second kappa shape index (κ2) is 9.90. The van der Waals surface area contributed by atoms with Gasteiger partial charge in [-0.2, -0.15) is 4.90 Å². The molecule has 2 heterocycles. The van der Waals surface area contributed by atoms with Crippen molar-refractivity contribution in [2.24, 2.45) is 17.8 Å². The lowest BCUT2D eigenvalue weighted by Gasteiger charge is -2.31. The molecule has 1 aromatic carbocycles. The zero-order valence-corrected chi connectivity index (χ0v) is 19.9. The van der Waals surface area contributed by atoms with Gasteiger partial charge in [0.1, 0.15) is 5.75 Å². The van der Waals surface area contributed by atoms with Crippen LogP contribution in [-0.4, -0.2) is 59.4 Å². The summed E-state index contributed by atoms with van der Waals surface area (Å²) in [7, 11) is 1.13. The van der Waals surface area contributed by atoms with E-state index in [9.17, 15) is 24.6 Å². The van der Waals surface area contributed by atoms with Crippen molar-refractivity contribution in [3.05, 3.63) is 45.5 Å². The number of halogens is 1. The Morgan fingerprint density at radius 3 is 2.71 bits per heavy atom. The molecule has 9 heteroatoms. The molecule has 8 nitrogen and oxygen atoms in total. The Bertz CT molecular complexity index is 1080. The van der Waals surface area contributed by atoms with Crippen LogP contribution in [0.2, 0.25) is 5.02 Å². The number of carbonyl (C=O) groups is 3. The highest BCUT2D eigenvalue weighted by Crippen LogP contribution is 2.49. The number of carbonyl (C=O) groups excluding carboxylic acids is 3. The van der Waals surface area contributed by atoms with Gasteiger partial charge in [0.05, 0.1) is 43.3 Å². The minimum Gasteiger partial charge on any atom is -0.508 e. The number of imide groups is 3. The fraction of sp³-hybridized carbons (Fsp3) is 0.480. The van der Waals surface area contributed by atoms with Gasteiger partial charge in [0.15, 0.2) is 0 Å². The number of hydrogen-bond donors (Lipinski definition) is 2. The first-order valence-corrected chi connectivity index (χ1v) is 11.8. The Labute approximate surface area is 202 Å². The molecule has 0 spiro atoms. The van der Waals surface area contributed by atoms with E-state index in [1.165, 1.54) is 6.07 Å². The van der Waals surface area contributed by atoms with Crippen LogP contribution in [-0.2, 0) is 19.1 Å². The summed E-state index contributed by atoms with van der Waals surface area (Å²) in [6, 6.07) is 4.85. The third-order valence-corrected chi connectivity index (χ3v) is 7.41. The highest BCUT2D eigenvalue weighted by Gasteiger charge is 2.58. The van der Waals surface area contributed by atoms with Crippen molar-refractivity contribution in [3.8, 4) is 5.75 Å². The molecule has 34 heavy (non-hydrogen) atoms. The Kier molecular flexibility index (Phi) is 7.12. The van der Waals surface area contributed by atoms with E-state index in [4.69, 9.17) is 16.3 Å². The largest absolute Gasteiger partial charge is 0.508 e. The number of allylic oxidation sites excluding steroid dienone is 1. The molecule has 0 unspecified atom stereocenters. The number of aliphatic hydroxyl groups excluding tert-OH is 1. The topological polar surface area (TPSA) is 113 Å². The number of ether oxygens (including phenoxy) is 2. The number of aromatic hydroxyl groups is 1. The number of phenols is 1. The van der Waals surface area contributed by atoms with E-state index in [0.29, 0.717) is 28.3 Å². The lowest BCUT2D eigenvalue weighted by molar-refractivity contribution is -0.137. The monoisotopic (exact) mass is 489 g/mol. The number of aliphatic hydroxyl groups is 1. The van der Waals surface area contributed by atoms with Gasteiger partial charge in [-0.1, -0.05) is 30.2 Å². The molecule has 2 N–H and O–H groups in total. The smallest absolute Gasteiger partial charge is 0.423 e. The SMILES string of the molecule is CC/C(=C\c1ccc(O)cc1Cl)CC[C@H]1OC[C@H]2C1=C(CO)C[C@H]1C(=O)N(C(=O)OC)C(=O)[C@H]12. The number of phenolic OH excluding ortho intramolecular Hbond substituents is 1. The normalized spacial score (nSPS) is 26.7. The maximum atomic E-state index is 13.0. The zero-order chi connectivity index (χ0) is 24.6. The van der Waals surface area contributed by atoms with Gasteiger partial charge in [-0.25, -0.2) is 4.79 Å². The van der Waals surface area contributed by atoms with Gasteiger partial charge >= 0.3 is 6.09 Å². The van der Waals surface area contributed by atoms with Crippen molar-refractivity contribution in [1.82, 2.24) is 4.90 Å². The van der Waals surface area contributed by atoms with Crippen molar-refractivity contribution in [2.45, 2.75) is 38.7 Å². The molecule has 1 aliphatic carbocycles. The number of rotatable bonds is 6. The average Bonchev–Trinajstić information content (AvgIpc) is 3.35. The maximum Gasteiger partial charge on any atom is 0.423 e. The van der Waals surface area contributed by atoms with Crippen LogP contribution in [0.25, 0.3) is 6.08 Å².